The van der Waals surface area contributed by atoms with E-state index in [4.69, 9.17) is 11.6 Å². The van der Waals surface area contributed by atoms with E-state index in [9.17, 15) is 4.79 Å². The molecule has 4 nitrogen and oxygen atoms in total. The topological polar surface area (TPSA) is 55.0 Å². The van der Waals surface area contributed by atoms with Crippen LogP contribution in [0.5, 0.6) is 0 Å². The van der Waals surface area contributed by atoms with Crippen molar-refractivity contribution in [2.45, 2.75) is 5.16 Å². The quantitative estimate of drug-likeness (QED) is 0.503. The fraction of sp³-hybridized carbons (Fsp3) is 0.200. The highest BCUT2D eigenvalue weighted by Gasteiger charge is 2.08. The summed E-state index contributed by atoms with van der Waals surface area (Å²) in [5.74, 6) is -0.0377. The monoisotopic (exact) mass is 382 g/mol. The Morgan fingerprint density at radius 1 is 1.65 bits per heavy atom. The molecule has 7 heteroatoms. The Morgan fingerprint density at radius 2 is 2.41 bits per heavy atom. The van der Waals surface area contributed by atoms with Crippen molar-refractivity contribution in [3.8, 4) is 0 Å². The molecule has 1 aromatic carbocycles. The number of halogens is 2. The van der Waals surface area contributed by atoms with E-state index >= 15 is 0 Å². The molecular formula is C10H8ClIN2O2S. The summed E-state index contributed by atoms with van der Waals surface area (Å²) in [5, 5.41) is 1.37. The minimum absolute atomic E-state index is 0.237. The first-order valence-corrected chi connectivity index (χ1v) is 7.09. The Labute approximate surface area is 121 Å². The van der Waals surface area contributed by atoms with Crippen molar-refractivity contribution in [3.63, 3.8) is 0 Å². The van der Waals surface area contributed by atoms with Crippen molar-refractivity contribution in [2.75, 3.05) is 12.9 Å². The van der Waals surface area contributed by atoms with Gasteiger partial charge in [0.2, 0.25) is 0 Å². The fourth-order valence-corrected chi connectivity index (χ4v) is 2.57. The van der Waals surface area contributed by atoms with Crippen molar-refractivity contribution in [1.29, 1.82) is 0 Å². The number of aromatic nitrogens is 2. The summed E-state index contributed by atoms with van der Waals surface area (Å²) in [7, 11) is 1.36. The summed E-state index contributed by atoms with van der Waals surface area (Å²) in [6, 6.07) is 3.73. The van der Waals surface area contributed by atoms with E-state index in [1.54, 1.807) is 0 Å². The fourth-order valence-electron chi connectivity index (χ4n) is 1.24. The Balaban J connectivity index is 2.23. The van der Waals surface area contributed by atoms with Crippen molar-refractivity contribution in [3.05, 3.63) is 20.7 Å². The predicted molar refractivity (Wildman–Crippen MR) is 76.6 cm³/mol. The number of fused-ring (bicyclic) bond motifs is 1. The minimum Gasteiger partial charge on any atom is -0.468 e. The lowest BCUT2D eigenvalue weighted by Crippen LogP contribution is -2.02. The Morgan fingerprint density at radius 3 is 3.12 bits per heavy atom. The molecule has 0 amide bonds. The zero-order valence-electron chi connectivity index (χ0n) is 8.79. The molecule has 0 aliphatic carbocycles. The molecule has 1 N–H and O–H groups in total. The van der Waals surface area contributed by atoms with Crippen LogP contribution in [0.4, 0.5) is 0 Å². The third-order valence-electron chi connectivity index (χ3n) is 2.06. The van der Waals surface area contributed by atoms with Gasteiger partial charge >= 0.3 is 5.97 Å². The van der Waals surface area contributed by atoms with Gasteiger partial charge in [0.25, 0.3) is 0 Å². The number of nitrogens with zero attached hydrogens (tertiary/aromatic N) is 1. The molecule has 0 saturated carbocycles. The van der Waals surface area contributed by atoms with E-state index in [1.807, 2.05) is 12.1 Å². The third-order valence-corrected chi connectivity index (χ3v) is 4.43. The van der Waals surface area contributed by atoms with Gasteiger partial charge in [-0.25, -0.2) is 4.98 Å². The highest BCUT2D eigenvalue weighted by Crippen LogP contribution is 2.26. The number of hydrogen-bond acceptors (Lipinski definition) is 4. The van der Waals surface area contributed by atoms with E-state index in [1.165, 1.54) is 18.9 Å². The molecule has 2 rings (SSSR count). The number of nitrogens with one attached hydrogen (secondary N) is 1. The number of esters is 1. The van der Waals surface area contributed by atoms with Crippen LogP contribution in [0.25, 0.3) is 11.0 Å². The molecule has 0 aliphatic heterocycles. The second kappa shape index (κ2) is 5.45. The summed E-state index contributed by atoms with van der Waals surface area (Å²) in [5.41, 5.74) is 1.70. The van der Waals surface area contributed by atoms with Crippen LogP contribution in [0.2, 0.25) is 5.02 Å². The zero-order chi connectivity index (χ0) is 12.4. The molecule has 0 radical (unpaired) electrons. The molecule has 0 spiro atoms. The van der Waals surface area contributed by atoms with Crippen LogP contribution in [-0.4, -0.2) is 28.8 Å². The molecule has 17 heavy (non-hydrogen) atoms. The summed E-state index contributed by atoms with van der Waals surface area (Å²) in [4.78, 5) is 18.5. The smallest absolute Gasteiger partial charge is 0.316 e. The first-order valence-electron chi connectivity index (χ1n) is 4.64. The molecule has 0 atom stereocenters. The van der Waals surface area contributed by atoms with Crippen LogP contribution in [0.1, 0.15) is 0 Å². The largest absolute Gasteiger partial charge is 0.468 e. The number of H-pyrrole nitrogens is 1. The van der Waals surface area contributed by atoms with Crippen molar-refractivity contribution in [1.82, 2.24) is 9.97 Å². The molecular weight excluding hydrogens is 375 g/mol. The molecule has 2 aromatic rings. The second-order valence-corrected chi connectivity index (χ2v) is 5.72. The van der Waals surface area contributed by atoms with Gasteiger partial charge < -0.3 is 9.72 Å². The summed E-state index contributed by atoms with van der Waals surface area (Å²) in [6.45, 7) is 0. The molecule has 0 aliphatic rings. The minimum atomic E-state index is -0.275. The van der Waals surface area contributed by atoms with Crippen LogP contribution < -0.4 is 0 Å². The Hall–Kier alpha value is -0.470. The van der Waals surface area contributed by atoms with Crippen LogP contribution in [0, 0.1) is 3.57 Å². The number of carbonyl (C=O) groups excluding carboxylic acids is 1. The van der Waals surface area contributed by atoms with E-state index < -0.39 is 0 Å². The van der Waals surface area contributed by atoms with Gasteiger partial charge in [-0.15, -0.1) is 0 Å². The Kier molecular flexibility index (Phi) is 4.16. The highest BCUT2D eigenvalue weighted by molar-refractivity contribution is 14.1. The molecule has 0 unspecified atom stereocenters. The molecule has 1 heterocycles. The molecule has 0 fully saturated rings. The molecule has 0 bridgehead atoms. The van der Waals surface area contributed by atoms with Crippen LogP contribution >= 0.6 is 46.0 Å². The Bertz CT molecular complexity index is 534. The van der Waals surface area contributed by atoms with Gasteiger partial charge in [-0.2, -0.15) is 0 Å². The van der Waals surface area contributed by atoms with Crippen LogP contribution in [0.3, 0.4) is 0 Å². The summed E-state index contributed by atoms with van der Waals surface area (Å²) >= 11 is 9.47. The van der Waals surface area contributed by atoms with Gasteiger partial charge in [-0.3, -0.25) is 4.79 Å². The number of benzene rings is 1. The summed E-state index contributed by atoms with van der Waals surface area (Å²) in [6.07, 6.45) is 0. The van der Waals surface area contributed by atoms with E-state index in [0.29, 0.717) is 10.2 Å². The number of imidazole rings is 1. The zero-order valence-corrected chi connectivity index (χ0v) is 12.5. The van der Waals surface area contributed by atoms with E-state index in [2.05, 4.69) is 37.3 Å². The predicted octanol–water partition coefficient (Wildman–Crippen LogP) is 3.09. The van der Waals surface area contributed by atoms with Gasteiger partial charge in [0.05, 0.1) is 28.9 Å². The van der Waals surface area contributed by atoms with Crippen LogP contribution in [0.15, 0.2) is 17.3 Å². The van der Waals surface area contributed by atoms with Crippen molar-refractivity contribution in [2.24, 2.45) is 0 Å². The lowest BCUT2D eigenvalue weighted by Gasteiger charge is -1.95. The maximum atomic E-state index is 11.0. The SMILES string of the molecule is COC(=O)CSc1nc2cc(I)c(Cl)cc2[nH]1. The normalized spacial score (nSPS) is 10.8. The third kappa shape index (κ3) is 3.05. The van der Waals surface area contributed by atoms with Gasteiger partial charge in [0.1, 0.15) is 0 Å². The van der Waals surface area contributed by atoms with Crippen molar-refractivity contribution >= 4 is 63.0 Å². The standard InChI is InChI=1S/C10H8ClIN2O2S/c1-16-9(15)4-17-10-13-7-2-5(11)6(12)3-8(7)14-10/h2-3H,4H2,1H3,(H,13,14). The lowest BCUT2D eigenvalue weighted by atomic mass is 10.3. The number of methoxy groups -OCH3 is 1. The average Bonchev–Trinajstić information content (AvgIpc) is 2.68. The lowest BCUT2D eigenvalue weighted by molar-refractivity contribution is -0.137. The average molecular weight is 383 g/mol. The van der Waals surface area contributed by atoms with Gasteiger partial charge in [-0.1, -0.05) is 23.4 Å². The molecule has 1 aromatic heterocycles. The second-order valence-electron chi connectivity index (χ2n) is 3.19. The number of carbonyl (C=O) groups is 1. The highest BCUT2D eigenvalue weighted by atomic mass is 127. The number of thioether (sulfide) groups is 1. The number of hydrogen-bond donors (Lipinski definition) is 1. The summed E-state index contributed by atoms with van der Waals surface area (Å²) < 4.78 is 5.51. The van der Waals surface area contributed by atoms with Gasteiger partial charge in [0.15, 0.2) is 5.16 Å². The maximum Gasteiger partial charge on any atom is 0.316 e. The first-order chi connectivity index (χ1) is 8.10. The van der Waals surface area contributed by atoms with Crippen molar-refractivity contribution < 1.29 is 9.53 Å². The molecule has 90 valence electrons. The first kappa shape index (κ1) is 13.0. The number of rotatable bonds is 3. The molecule has 0 saturated heterocycles. The number of ether oxygens (including phenoxy) is 1. The van der Waals surface area contributed by atoms with Gasteiger partial charge in [-0.05, 0) is 34.7 Å². The van der Waals surface area contributed by atoms with Crippen LogP contribution in [-0.2, 0) is 9.53 Å². The number of aromatic amines is 1. The van der Waals surface area contributed by atoms with Gasteiger partial charge in [0, 0.05) is 3.57 Å². The van der Waals surface area contributed by atoms with E-state index in [-0.39, 0.29) is 11.7 Å². The maximum absolute atomic E-state index is 11.0. The van der Waals surface area contributed by atoms with E-state index in [0.717, 1.165) is 14.6 Å².